The molecule has 1 N–H and O–H groups in total. The summed E-state index contributed by atoms with van der Waals surface area (Å²) in [5, 5.41) is 3.86. The van der Waals surface area contributed by atoms with Crippen molar-refractivity contribution in [2.24, 2.45) is 0 Å². The molecule has 0 unspecified atom stereocenters. The van der Waals surface area contributed by atoms with Crippen molar-refractivity contribution in [3.63, 3.8) is 0 Å². The molecule has 0 bridgehead atoms. The molecule has 4 rings (SSSR count). The number of thiophene rings is 1. The average Bonchev–Trinajstić information content (AvgIpc) is 3.02. The van der Waals surface area contributed by atoms with Gasteiger partial charge in [-0.25, -0.2) is 14.4 Å². The standard InChI is InChI=1S/C19H18ClFN4OS/c1-11-15-17(25-7-3-2-4-8-25)22-10-23-19(15)27-16(11)18(26)24-14-6-5-12(21)9-13(14)20/h5-6,9-10H,2-4,7-8H2,1H3,(H,24,26). The van der Waals surface area contributed by atoms with Gasteiger partial charge in [0.15, 0.2) is 0 Å². The van der Waals surface area contributed by atoms with Crippen LogP contribution >= 0.6 is 22.9 Å². The number of piperidine rings is 1. The van der Waals surface area contributed by atoms with Gasteiger partial charge in [0, 0.05) is 13.1 Å². The molecule has 1 amide bonds. The summed E-state index contributed by atoms with van der Waals surface area (Å²) in [6.45, 7) is 3.85. The molecule has 0 atom stereocenters. The number of hydrogen-bond acceptors (Lipinski definition) is 5. The molecule has 1 aliphatic heterocycles. The van der Waals surface area contributed by atoms with Gasteiger partial charge in [-0.05, 0) is 49.9 Å². The molecular formula is C19H18ClFN4OS. The van der Waals surface area contributed by atoms with Crippen molar-refractivity contribution >= 4 is 50.6 Å². The third-order valence-electron chi connectivity index (χ3n) is 4.75. The van der Waals surface area contributed by atoms with Gasteiger partial charge in [-0.1, -0.05) is 11.6 Å². The van der Waals surface area contributed by atoms with Gasteiger partial charge in [0.2, 0.25) is 0 Å². The highest BCUT2D eigenvalue weighted by Gasteiger charge is 2.23. The quantitative estimate of drug-likeness (QED) is 0.664. The molecule has 0 saturated carbocycles. The highest BCUT2D eigenvalue weighted by molar-refractivity contribution is 7.20. The van der Waals surface area contributed by atoms with E-state index in [0.717, 1.165) is 47.5 Å². The van der Waals surface area contributed by atoms with E-state index in [4.69, 9.17) is 11.6 Å². The minimum atomic E-state index is -0.447. The molecule has 5 nitrogen and oxygen atoms in total. The number of anilines is 2. The van der Waals surface area contributed by atoms with Crippen LogP contribution in [-0.2, 0) is 0 Å². The Morgan fingerprint density at radius 3 is 2.78 bits per heavy atom. The van der Waals surface area contributed by atoms with Crippen LogP contribution in [0, 0.1) is 12.7 Å². The second-order valence-corrected chi connectivity index (χ2v) is 7.97. The summed E-state index contributed by atoms with van der Waals surface area (Å²) < 4.78 is 13.2. The van der Waals surface area contributed by atoms with Crippen LogP contribution in [0.3, 0.4) is 0 Å². The summed E-state index contributed by atoms with van der Waals surface area (Å²) in [5.41, 5.74) is 1.23. The first-order chi connectivity index (χ1) is 13.0. The number of carbonyl (C=O) groups excluding carboxylic acids is 1. The van der Waals surface area contributed by atoms with Crippen molar-refractivity contribution < 1.29 is 9.18 Å². The smallest absolute Gasteiger partial charge is 0.266 e. The molecule has 27 heavy (non-hydrogen) atoms. The predicted octanol–water partition coefficient (Wildman–Crippen LogP) is 5.03. The van der Waals surface area contributed by atoms with Crippen LogP contribution in [0.15, 0.2) is 24.5 Å². The maximum atomic E-state index is 13.2. The van der Waals surface area contributed by atoms with Gasteiger partial charge < -0.3 is 10.2 Å². The maximum absolute atomic E-state index is 13.2. The number of aromatic nitrogens is 2. The molecule has 1 fully saturated rings. The van der Waals surface area contributed by atoms with Gasteiger partial charge in [-0.15, -0.1) is 11.3 Å². The molecule has 3 heterocycles. The molecule has 0 aliphatic carbocycles. The zero-order valence-electron chi connectivity index (χ0n) is 14.8. The summed E-state index contributed by atoms with van der Waals surface area (Å²) in [7, 11) is 0. The molecule has 2 aromatic heterocycles. The second kappa shape index (κ2) is 7.40. The van der Waals surface area contributed by atoms with Gasteiger partial charge in [0.25, 0.3) is 5.91 Å². The summed E-state index contributed by atoms with van der Waals surface area (Å²) in [5.74, 6) is 0.165. The van der Waals surface area contributed by atoms with Crippen LogP contribution in [-0.4, -0.2) is 29.0 Å². The van der Waals surface area contributed by atoms with E-state index in [9.17, 15) is 9.18 Å². The highest BCUT2D eigenvalue weighted by Crippen LogP contribution is 2.36. The van der Waals surface area contributed by atoms with Gasteiger partial charge in [-0.2, -0.15) is 0 Å². The minimum Gasteiger partial charge on any atom is -0.356 e. The van der Waals surface area contributed by atoms with Crippen molar-refractivity contribution in [1.29, 1.82) is 0 Å². The Bertz CT molecular complexity index is 1020. The number of rotatable bonds is 3. The summed E-state index contributed by atoms with van der Waals surface area (Å²) in [4.78, 5) is 25.3. The second-order valence-electron chi connectivity index (χ2n) is 6.56. The number of amides is 1. The number of nitrogens with zero attached hydrogens (tertiary/aromatic N) is 3. The minimum absolute atomic E-state index is 0.163. The van der Waals surface area contributed by atoms with E-state index in [1.807, 2.05) is 6.92 Å². The maximum Gasteiger partial charge on any atom is 0.266 e. The normalized spacial score (nSPS) is 14.6. The van der Waals surface area contributed by atoms with Crippen molar-refractivity contribution in [2.45, 2.75) is 26.2 Å². The van der Waals surface area contributed by atoms with E-state index < -0.39 is 5.82 Å². The third kappa shape index (κ3) is 3.49. The van der Waals surface area contributed by atoms with Crippen molar-refractivity contribution in [1.82, 2.24) is 9.97 Å². The van der Waals surface area contributed by atoms with E-state index in [1.54, 1.807) is 6.33 Å². The highest BCUT2D eigenvalue weighted by atomic mass is 35.5. The molecule has 8 heteroatoms. The van der Waals surface area contributed by atoms with Crippen molar-refractivity contribution in [3.05, 3.63) is 45.8 Å². The number of carbonyl (C=O) groups is 1. The fourth-order valence-electron chi connectivity index (χ4n) is 3.39. The van der Waals surface area contributed by atoms with Gasteiger partial charge >= 0.3 is 0 Å². The molecular weight excluding hydrogens is 387 g/mol. The van der Waals surface area contributed by atoms with Crippen LogP contribution in [0.25, 0.3) is 10.2 Å². The first-order valence-corrected chi connectivity index (χ1v) is 9.99. The number of nitrogens with one attached hydrogen (secondary N) is 1. The Morgan fingerprint density at radius 1 is 1.26 bits per heavy atom. The zero-order valence-corrected chi connectivity index (χ0v) is 16.3. The Labute approximate surface area is 165 Å². The van der Waals surface area contributed by atoms with Gasteiger partial charge in [0.05, 0.1) is 21.0 Å². The van der Waals surface area contributed by atoms with Crippen LogP contribution < -0.4 is 10.2 Å². The Balaban J connectivity index is 1.70. The molecule has 3 aromatic rings. The third-order valence-corrected chi connectivity index (χ3v) is 6.26. The summed E-state index contributed by atoms with van der Waals surface area (Å²) in [6.07, 6.45) is 5.08. The first kappa shape index (κ1) is 18.1. The van der Waals surface area contributed by atoms with Gasteiger partial charge in [0.1, 0.15) is 22.8 Å². The molecule has 0 radical (unpaired) electrons. The summed E-state index contributed by atoms with van der Waals surface area (Å²) in [6, 6.07) is 3.89. The predicted molar refractivity (Wildman–Crippen MR) is 108 cm³/mol. The number of hydrogen-bond donors (Lipinski definition) is 1. The number of halogens is 2. The zero-order chi connectivity index (χ0) is 19.0. The Kier molecular flexibility index (Phi) is 4.97. The van der Waals surface area contributed by atoms with Crippen LogP contribution in [0.5, 0.6) is 0 Å². The van der Waals surface area contributed by atoms with E-state index in [-0.39, 0.29) is 10.9 Å². The number of fused-ring (bicyclic) bond motifs is 1. The molecule has 1 aromatic carbocycles. The average molecular weight is 405 g/mol. The Hall–Kier alpha value is -2.25. The molecule has 1 aliphatic rings. The Morgan fingerprint density at radius 2 is 2.04 bits per heavy atom. The molecule has 1 saturated heterocycles. The number of benzene rings is 1. The fraction of sp³-hybridized carbons (Fsp3) is 0.316. The largest absolute Gasteiger partial charge is 0.356 e. The lowest BCUT2D eigenvalue weighted by Gasteiger charge is -2.28. The van der Waals surface area contributed by atoms with Crippen LogP contribution in [0.1, 0.15) is 34.5 Å². The molecule has 140 valence electrons. The number of aryl methyl sites for hydroxylation is 1. The summed E-state index contributed by atoms with van der Waals surface area (Å²) >= 11 is 7.36. The van der Waals surface area contributed by atoms with E-state index in [2.05, 4.69) is 20.2 Å². The van der Waals surface area contributed by atoms with E-state index >= 15 is 0 Å². The van der Waals surface area contributed by atoms with Crippen LogP contribution in [0.4, 0.5) is 15.9 Å². The topological polar surface area (TPSA) is 58.1 Å². The monoisotopic (exact) mass is 404 g/mol. The van der Waals surface area contributed by atoms with Gasteiger partial charge in [-0.3, -0.25) is 4.79 Å². The van der Waals surface area contributed by atoms with Crippen LogP contribution in [0.2, 0.25) is 5.02 Å². The molecule has 0 spiro atoms. The SMILES string of the molecule is Cc1c(C(=O)Nc2ccc(F)cc2Cl)sc2ncnc(N3CCCCC3)c12. The van der Waals surface area contributed by atoms with E-state index in [1.165, 1.54) is 36.0 Å². The van der Waals surface area contributed by atoms with Crippen molar-refractivity contribution in [3.8, 4) is 0 Å². The van der Waals surface area contributed by atoms with Crippen molar-refractivity contribution in [2.75, 3.05) is 23.3 Å². The lowest BCUT2D eigenvalue weighted by Crippen LogP contribution is -2.30. The first-order valence-electron chi connectivity index (χ1n) is 8.80. The van der Waals surface area contributed by atoms with E-state index in [0.29, 0.717) is 10.6 Å². The lowest BCUT2D eigenvalue weighted by molar-refractivity contribution is 0.103. The lowest BCUT2D eigenvalue weighted by atomic mass is 10.1. The fourth-order valence-corrected chi connectivity index (χ4v) is 4.64.